The van der Waals surface area contributed by atoms with Gasteiger partial charge in [-0.15, -0.1) is 0 Å². The second kappa shape index (κ2) is 60.3. The number of phosphoric acid groups is 2. The summed E-state index contributed by atoms with van der Waals surface area (Å²) >= 11 is 0. The molecule has 0 radical (unpaired) electrons. The first-order chi connectivity index (χ1) is 41.9. The van der Waals surface area contributed by atoms with Gasteiger partial charge in [0.25, 0.3) is 0 Å². The molecule has 87 heavy (non-hydrogen) atoms. The Balaban J connectivity index is 5.22. The van der Waals surface area contributed by atoms with E-state index in [1.54, 1.807) is 0 Å². The van der Waals surface area contributed by atoms with Gasteiger partial charge >= 0.3 is 39.5 Å². The third kappa shape index (κ3) is 61.3. The standard InChI is InChI=1S/C68H132O17P2/c1-7-10-12-14-16-17-18-19-20-21-27-33-39-45-51-66(71)79-57-64(85-67(72)52-46-40-34-28-23-22-26-32-37-43-49-61(6)9-3)59-83-87(76,77)81-55-62(69)54-80-86(74,75)82-58-63(56-78-65(70)50-44-38-30-15-13-11-8-2)84-68(73)53-47-41-35-29-24-25-31-36-42-48-60(4)5/h60-64,69H,7-59H2,1-6H3,(H,74,75)(H,76,77)/t61?,62-,63+,64+/m0/s1. The number of carbonyl (C=O) groups is 4. The van der Waals surface area contributed by atoms with Crippen molar-refractivity contribution >= 4 is 39.5 Å². The number of carbonyl (C=O) groups excluding carboxylic acids is 4. The molecule has 19 heteroatoms. The molecule has 0 spiro atoms. The largest absolute Gasteiger partial charge is 0.472 e. The Morgan fingerprint density at radius 3 is 0.874 bits per heavy atom. The maximum Gasteiger partial charge on any atom is 0.472 e. The molecule has 0 amide bonds. The number of hydrogen-bond donors (Lipinski definition) is 3. The fourth-order valence-corrected chi connectivity index (χ4v) is 11.8. The van der Waals surface area contributed by atoms with E-state index in [0.717, 1.165) is 115 Å². The van der Waals surface area contributed by atoms with Crippen LogP contribution in [0, 0.1) is 11.8 Å². The summed E-state index contributed by atoms with van der Waals surface area (Å²) in [5.74, 6) is -0.591. The lowest BCUT2D eigenvalue weighted by atomic mass is 9.99. The maximum atomic E-state index is 13.0. The van der Waals surface area contributed by atoms with Gasteiger partial charge in [-0.2, -0.15) is 0 Å². The molecule has 0 aromatic rings. The molecular formula is C68H132O17P2. The zero-order chi connectivity index (χ0) is 64.3. The van der Waals surface area contributed by atoms with Gasteiger partial charge in [0.05, 0.1) is 26.4 Å². The van der Waals surface area contributed by atoms with E-state index in [1.807, 2.05) is 0 Å². The molecule has 0 aliphatic carbocycles. The van der Waals surface area contributed by atoms with Crippen LogP contribution < -0.4 is 0 Å². The Hall–Kier alpha value is -1.94. The number of phosphoric ester groups is 2. The first-order valence-corrected chi connectivity index (χ1v) is 38.5. The van der Waals surface area contributed by atoms with E-state index in [1.165, 1.54) is 148 Å². The van der Waals surface area contributed by atoms with E-state index in [0.29, 0.717) is 25.7 Å². The Labute approximate surface area is 530 Å². The molecule has 0 heterocycles. The summed E-state index contributed by atoms with van der Waals surface area (Å²) in [6.07, 6.45) is 44.4. The molecule has 516 valence electrons. The molecule has 0 aliphatic heterocycles. The van der Waals surface area contributed by atoms with Crippen molar-refractivity contribution < 1.29 is 80.2 Å². The molecule has 0 aromatic heterocycles. The summed E-state index contributed by atoms with van der Waals surface area (Å²) in [5.41, 5.74) is 0. The average Bonchev–Trinajstić information content (AvgIpc) is 3.68. The van der Waals surface area contributed by atoms with E-state index in [2.05, 4.69) is 41.5 Å². The summed E-state index contributed by atoms with van der Waals surface area (Å²) in [7, 11) is -9.89. The van der Waals surface area contributed by atoms with Crippen LogP contribution in [0.4, 0.5) is 0 Å². The van der Waals surface area contributed by atoms with Crippen molar-refractivity contribution in [1.82, 2.24) is 0 Å². The third-order valence-electron chi connectivity index (χ3n) is 16.1. The fraction of sp³-hybridized carbons (Fsp3) is 0.941. The van der Waals surface area contributed by atoms with Crippen LogP contribution in [0.3, 0.4) is 0 Å². The van der Waals surface area contributed by atoms with Crippen molar-refractivity contribution in [3.05, 3.63) is 0 Å². The fourth-order valence-electron chi connectivity index (χ4n) is 10.2. The molecule has 3 unspecified atom stereocenters. The number of aliphatic hydroxyl groups excluding tert-OH is 1. The summed E-state index contributed by atoms with van der Waals surface area (Å²) in [5, 5.41) is 10.6. The summed E-state index contributed by atoms with van der Waals surface area (Å²) in [6, 6.07) is 0. The van der Waals surface area contributed by atoms with Crippen LogP contribution in [0.5, 0.6) is 0 Å². The van der Waals surface area contributed by atoms with Crippen LogP contribution >= 0.6 is 15.6 Å². The molecule has 0 saturated heterocycles. The number of esters is 4. The van der Waals surface area contributed by atoms with Gasteiger partial charge in [-0.1, -0.05) is 292 Å². The third-order valence-corrected chi connectivity index (χ3v) is 18.0. The Morgan fingerprint density at radius 1 is 0.333 bits per heavy atom. The minimum atomic E-state index is -4.95. The van der Waals surface area contributed by atoms with Gasteiger partial charge in [-0.3, -0.25) is 37.3 Å². The lowest BCUT2D eigenvalue weighted by molar-refractivity contribution is -0.161. The summed E-state index contributed by atoms with van der Waals surface area (Å²) in [6.45, 7) is 9.50. The first-order valence-electron chi connectivity index (χ1n) is 35.5. The molecule has 0 bridgehead atoms. The second-order valence-corrected chi connectivity index (χ2v) is 28.2. The second-order valence-electron chi connectivity index (χ2n) is 25.3. The lowest BCUT2D eigenvalue weighted by Gasteiger charge is -2.21. The molecule has 17 nitrogen and oxygen atoms in total. The van der Waals surface area contributed by atoms with E-state index in [4.69, 9.17) is 37.0 Å². The van der Waals surface area contributed by atoms with Crippen LogP contribution in [0.2, 0.25) is 0 Å². The van der Waals surface area contributed by atoms with E-state index < -0.39 is 97.5 Å². The Kier molecular flexibility index (Phi) is 59.0. The number of aliphatic hydroxyl groups is 1. The zero-order valence-corrected chi connectivity index (χ0v) is 58.1. The highest BCUT2D eigenvalue weighted by Gasteiger charge is 2.30. The van der Waals surface area contributed by atoms with Crippen molar-refractivity contribution in [3.63, 3.8) is 0 Å². The van der Waals surface area contributed by atoms with Crippen LogP contribution in [0.15, 0.2) is 0 Å². The Morgan fingerprint density at radius 2 is 0.586 bits per heavy atom. The molecule has 0 aliphatic rings. The van der Waals surface area contributed by atoms with Crippen LogP contribution in [-0.4, -0.2) is 96.7 Å². The highest BCUT2D eigenvalue weighted by Crippen LogP contribution is 2.45. The number of rotatable bonds is 67. The minimum Gasteiger partial charge on any atom is -0.462 e. The number of ether oxygens (including phenoxy) is 4. The molecule has 0 aromatic carbocycles. The highest BCUT2D eigenvalue weighted by atomic mass is 31.2. The molecule has 0 rings (SSSR count). The van der Waals surface area contributed by atoms with Crippen molar-refractivity contribution in [2.75, 3.05) is 39.6 Å². The minimum absolute atomic E-state index is 0.105. The highest BCUT2D eigenvalue weighted by molar-refractivity contribution is 7.47. The predicted molar refractivity (Wildman–Crippen MR) is 349 cm³/mol. The molecular weight excluding hydrogens is 1150 g/mol. The normalized spacial score (nSPS) is 14.5. The van der Waals surface area contributed by atoms with Crippen molar-refractivity contribution in [2.45, 2.75) is 362 Å². The molecule has 0 fully saturated rings. The quantitative estimate of drug-likeness (QED) is 0.0222. The Bertz CT molecular complexity index is 1700. The average molecular weight is 1280 g/mol. The van der Waals surface area contributed by atoms with Gasteiger partial charge in [0.2, 0.25) is 0 Å². The summed E-state index contributed by atoms with van der Waals surface area (Å²) in [4.78, 5) is 72.3. The van der Waals surface area contributed by atoms with Crippen molar-refractivity contribution in [2.24, 2.45) is 11.8 Å². The summed E-state index contributed by atoms with van der Waals surface area (Å²) < 4.78 is 68.1. The molecule has 6 atom stereocenters. The van der Waals surface area contributed by atoms with Gasteiger partial charge in [0.15, 0.2) is 12.2 Å². The zero-order valence-electron chi connectivity index (χ0n) is 56.3. The molecule has 3 N–H and O–H groups in total. The van der Waals surface area contributed by atoms with Gasteiger partial charge in [-0.25, -0.2) is 9.13 Å². The van der Waals surface area contributed by atoms with Gasteiger partial charge in [-0.05, 0) is 37.5 Å². The SMILES string of the molecule is CCCCCCCCCCCCCCCCC(=O)OC[C@H](COP(=O)(O)OC[C@@H](O)COP(=O)(O)OC[C@@H](COC(=O)CCCCCCCCC)OC(=O)CCCCCCCCCCCC(C)C)OC(=O)CCCCCCCCCCCCC(C)CC. The monoisotopic (exact) mass is 1280 g/mol. The molecule has 0 saturated carbocycles. The predicted octanol–water partition coefficient (Wildman–Crippen LogP) is 19.2. The first kappa shape index (κ1) is 85.1. The van der Waals surface area contributed by atoms with Crippen LogP contribution in [0.1, 0.15) is 343 Å². The van der Waals surface area contributed by atoms with E-state index >= 15 is 0 Å². The van der Waals surface area contributed by atoms with Crippen LogP contribution in [-0.2, 0) is 65.4 Å². The van der Waals surface area contributed by atoms with Gasteiger partial charge < -0.3 is 33.8 Å². The number of hydrogen-bond acceptors (Lipinski definition) is 15. The van der Waals surface area contributed by atoms with E-state index in [9.17, 15) is 43.2 Å². The number of unbranched alkanes of at least 4 members (excludes halogenated alkanes) is 36. The van der Waals surface area contributed by atoms with Gasteiger partial charge in [0, 0.05) is 25.7 Å². The van der Waals surface area contributed by atoms with Crippen molar-refractivity contribution in [1.29, 1.82) is 0 Å². The topological polar surface area (TPSA) is 237 Å². The lowest BCUT2D eigenvalue weighted by Crippen LogP contribution is -2.30. The van der Waals surface area contributed by atoms with Crippen molar-refractivity contribution in [3.8, 4) is 0 Å². The smallest absolute Gasteiger partial charge is 0.462 e. The van der Waals surface area contributed by atoms with E-state index in [-0.39, 0.29) is 25.7 Å². The van der Waals surface area contributed by atoms with Crippen LogP contribution in [0.25, 0.3) is 0 Å². The maximum absolute atomic E-state index is 13.0. The van der Waals surface area contributed by atoms with Gasteiger partial charge in [0.1, 0.15) is 19.3 Å².